The van der Waals surface area contributed by atoms with Crippen molar-refractivity contribution in [3.8, 4) is 0 Å². The van der Waals surface area contributed by atoms with Gasteiger partial charge in [0.1, 0.15) is 0 Å². The van der Waals surface area contributed by atoms with E-state index in [1.54, 1.807) is 37.3 Å². The van der Waals surface area contributed by atoms with E-state index in [1.165, 1.54) is 4.90 Å². The number of hydrogen-bond donors (Lipinski definition) is 0. The number of carbonyl (C=O) groups excluding carboxylic acids is 3. The van der Waals surface area contributed by atoms with E-state index in [4.69, 9.17) is 18.9 Å². The molecule has 1 aromatic carbocycles. The topological polar surface area (TPSA) is 91.4 Å². The third kappa shape index (κ3) is 2.25. The first-order valence-corrected chi connectivity index (χ1v) is 9.32. The fourth-order valence-electron chi connectivity index (χ4n) is 4.54. The molecule has 8 nitrogen and oxygen atoms in total. The maximum Gasteiger partial charge on any atom is 0.338 e. The van der Waals surface area contributed by atoms with Crippen molar-refractivity contribution in [3.63, 3.8) is 0 Å². The van der Waals surface area contributed by atoms with Gasteiger partial charge in [-0.15, -0.1) is 0 Å². The second-order valence-corrected chi connectivity index (χ2v) is 7.15. The molecule has 3 fully saturated rings. The monoisotopic (exact) mass is 385 g/mol. The van der Waals surface area contributed by atoms with Crippen LogP contribution in [0.15, 0.2) is 36.4 Å². The summed E-state index contributed by atoms with van der Waals surface area (Å²) >= 11 is 0. The lowest BCUT2D eigenvalue weighted by atomic mass is 9.76. The summed E-state index contributed by atoms with van der Waals surface area (Å²) in [5.74, 6) is -2.40. The van der Waals surface area contributed by atoms with Crippen LogP contribution in [0.25, 0.3) is 0 Å². The molecule has 4 heterocycles. The molecule has 4 unspecified atom stereocenters. The van der Waals surface area contributed by atoms with E-state index in [-0.39, 0.29) is 18.4 Å². The van der Waals surface area contributed by atoms with Crippen LogP contribution in [0.3, 0.4) is 0 Å². The van der Waals surface area contributed by atoms with Gasteiger partial charge in [-0.2, -0.15) is 0 Å². The van der Waals surface area contributed by atoms with Crippen molar-refractivity contribution in [1.29, 1.82) is 0 Å². The number of amides is 2. The van der Waals surface area contributed by atoms with E-state index in [2.05, 4.69) is 0 Å². The van der Waals surface area contributed by atoms with Gasteiger partial charge in [0, 0.05) is 0 Å². The number of esters is 1. The van der Waals surface area contributed by atoms with Crippen LogP contribution in [-0.2, 0) is 28.5 Å². The number of rotatable bonds is 4. The van der Waals surface area contributed by atoms with Gasteiger partial charge in [-0.3, -0.25) is 9.59 Å². The van der Waals surface area contributed by atoms with E-state index >= 15 is 0 Å². The first-order valence-electron chi connectivity index (χ1n) is 9.32. The van der Waals surface area contributed by atoms with Crippen molar-refractivity contribution < 1.29 is 33.3 Å². The van der Waals surface area contributed by atoms with E-state index in [0.29, 0.717) is 24.5 Å². The molecule has 4 aliphatic rings. The molecule has 5 rings (SSSR count). The Morgan fingerprint density at radius 1 is 1.18 bits per heavy atom. The zero-order valence-corrected chi connectivity index (χ0v) is 15.2. The van der Waals surface area contributed by atoms with Crippen molar-refractivity contribution in [2.45, 2.75) is 24.9 Å². The van der Waals surface area contributed by atoms with E-state index in [1.807, 2.05) is 6.08 Å². The average molecular weight is 385 g/mol. The van der Waals surface area contributed by atoms with Crippen molar-refractivity contribution in [2.24, 2.45) is 11.8 Å². The van der Waals surface area contributed by atoms with Crippen molar-refractivity contribution in [2.75, 3.05) is 24.7 Å². The lowest BCUT2D eigenvalue weighted by molar-refractivity contribution is -0.180. The number of carbonyl (C=O) groups is 3. The van der Waals surface area contributed by atoms with Crippen LogP contribution in [-0.4, -0.2) is 55.6 Å². The predicted molar refractivity (Wildman–Crippen MR) is 94.3 cm³/mol. The molecule has 3 saturated heterocycles. The Morgan fingerprint density at radius 3 is 2.57 bits per heavy atom. The predicted octanol–water partition coefficient (Wildman–Crippen LogP) is 1.05. The number of hydrogen-bond acceptors (Lipinski definition) is 7. The summed E-state index contributed by atoms with van der Waals surface area (Å²) in [7, 11) is 0. The van der Waals surface area contributed by atoms with Gasteiger partial charge in [-0.05, 0) is 37.3 Å². The van der Waals surface area contributed by atoms with Gasteiger partial charge in [0.2, 0.25) is 11.8 Å². The maximum absolute atomic E-state index is 13.3. The van der Waals surface area contributed by atoms with Gasteiger partial charge in [-0.25, -0.2) is 9.69 Å². The number of nitrogens with zero attached hydrogens (tertiary/aromatic N) is 1. The highest BCUT2D eigenvalue weighted by atomic mass is 16.7. The van der Waals surface area contributed by atoms with Crippen molar-refractivity contribution in [3.05, 3.63) is 42.0 Å². The molecule has 0 N–H and O–H groups in total. The molecule has 8 heteroatoms. The quantitative estimate of drug-likeness (QED) is 0.435. The van der Waals surface area contributed by atoms with Gasteiger partial charge in [0.05, 0.1) is 49.0 Å². The van der Waals surface area contributed by atoms with Crippen LogP contribution >= 0.6 is 0 Å². The normalized spacial score (nSPS) is 33.8. The Labute approximate surface area is 161 Å². The Bertz CT molecular complexity index is 873. The van der Waals surface area contributed by atoms with Gasteiger partial charge in [0.25, 0.3) is 0 Å². The molecular weight excluding hydrogens is 366 g/mol. The second-order valence-electron chi connectivity index (χ2n) is 7.15. The summed E-state index contributed by atoms with van der Waals surface area (Å²) in [5.41, 5.74) is -0.294. The van der Waals surface area contributed by atoms with E-state index < -0.39 is 35.8 Å². The minimum Gasteiger partial charge on any atom is -0.462 e. The van der Waals surface area contributed by atoms with Crippen LogP contribution in [0.4, 0.5) is 5.69 Å². The van der Waals surface area contributed by atoms with Gasteiger partial charge in [-0.1, -0.05) is 6.08 Å². The largest absolute Gasteiger partial charge is 0.462 e. The van der Waals surface area contributed by atoms with Crippen molar-refractivity contribution in [1.82, 2.24) is 0 Å². The molecule has 4 aliphatic heterocycles. The molecule has 2 bridgehead atoms. The minimum atomic E-state index is -1.07. The number of anilines is 1. The number of ether oxygens (including phenoxy) is 4. The zero-order valence-electron chi connectivity index (χ0n) is 15.2. The SMILES string of the molecule is CCOC(=O)c1ccc(N2C(=O)C3C4C=CC(C5OCCO5)(O4)C3C2=O)cc1. The molecule has 0 spiro atoms. The summed E-state index contributed by atoms with van der Waals surface area (Å²) in [6, 6.07) is 6.25. The smallest absolute Gasteiger partial charge is 0.338 e. The van der Waals surface area contributed by atoms with Crippen LogP contribution in [0.1, 0.15) is 17.3 Å². The standard InChI is InChI=1S/C20H19NO7/c1-2-25-18(24)11-3-5-12(6-4-11)21-16(22)14-13-7-8-20(28-13,15(14)17(21)23)19-26-9-10-27-19/h3-8,13-15,19H,2,9-10H2,1H3. The molecule has 4 atom stereocenters. The number of fused-ring (bicyclic) bond motifs is 5. The lowest BCUT2D eigenvalue weighted by Gasteiger charge is -2.32. The molecule has 146 valence electrons. The highest BCUT2D eigenvalue weighted by molar-refractivity contribution is 6.23. The Balaban J connectivity index is 1.45. The summed E-state index contributed by atoms with van der Waals surface area (Å²) in [4.78, 5) is 39.3. The van der Waals surface area contributed by atoms with Crippen LogP contribution in [0, 0.1) is 11.8 Å². The van der Waals surface area contributed by atoms with Crippen LogP contribution in [0.5, 0.6) is 0 Å². The van der Waals surface area contributed by atoms with Crippen LogP contribution in [0.2, 0.25) is 0 Å². The van der Waals surface area contributed by atoms with Crippen molar-refractivity contribution >= 4 is 23.5 Å². The first-order chi connectivity index (χ1) is 13.6. The average Bonchev–Trinajstić information content (AvgIpc) is 3.46. The fourth-order valence-corrected chi connectivity index (χ4v) is 4.54. The summed E-state index contributed by atoms with van der Waals surface area (Å²) in [6.45, 7) is 2.85. The number of benzene rings is 1. The summed E-state index contributed by atoms with van der Waals surface area (Å²) in [5, 5.41) is 0. The molecule has 0 aromatic heterocycles. The lowest BCUT2D eigenvalue weighted by Crippen LogP contribution is -2.49. The molecule has 2 amide bonds. The Hall–Kier alpha value is -2.55. The first kappa shape index (κ1) is 17.5. The zero-order chi connectivity index (χ0) is 19.5. The van der Waals surface area contributed by atoms with E-state index in [0.717, 1.165) is 0 Å². The van der Waals surface area contributed by atoms with Gasteiger partial charge < -0.3 is 18.9 Å². The van der Waals surface area contributed by atoms with Crippen LogP contribution < -0.4 is 4.90 Å². The second kappa shape index (κ2) is 6.23. The highest BCUT2D eigenvalue weighted by Gasteiger charge is 2.71. The summed E-state index contributed by atoms with van der Waals surface area (Å²) < 4.78 is 22.2. The number of imide groups is 1. The minimum absolute atomic E-state index is 0.273. The molecular formula is C20H19NO7. The van der Waals surface area contributed by atoms with E-state index in [9.17, 15) is 14.4 Å². The molecule has 1 aromatic rings. The van der Waals surface area contributed by atoms with Gasteiger partial charge >= 0.3 is 5.97 Å². The third-order valence-corrected chi connectivity index (χ3v) is 5.70. The third-order valence-electron chi connectivity index (χ3n) is 5.70. The molecule has 0 radical (unpaired) electrons. The Kier molecular flexibility index (Phi) is 3.90. The molecule has 28 heavy (non-hydrogen) atoms. The highest BCUT2D eigenvalue weighted by Crippen LogP contribution is 2.55. The molecule has 0 aliphatic carbocycles. The Morgan fingerprint density at radius 2 is 1.89 bits per heavy atom. The fraction of sp³-hybridized carbons (Fsp3) is 0.450. The summed E-state index contributed by atoms with van der Waals surface area (Å²) in [6.07, 6.45) is 2.43. The maximum atomic E-state index is 13.3. The van der Waals surface area contributed by atoms with Gasteiger partial charge in [0.15, 0.2) is 11.9 Å². The molecule has 0 saturated carbocycles.